The average molecular weight is 284 g/mol. The summed E-state index contributed by atoms with van der Waals surface area (Å²) in [5.41, 5.74) is 2.04. The van der Waals surface area contributed by atoms with Crippen LogP contribution in [0.15, 0.2) is 42.7 Å². The smallest absolute Gasteiger partial charge is 0.258 e. The van der Waals surface area contributed by atoms with E-state index in [1.807, 2.05) is 6.07 Å². The van der Waals surface area contributed by atoms with Gasteiger partial charge in [-0.2, -0.15) is 0 Å². The molecule has 3 rings (SSSR count). The molecule has 1 N–H and O–H groups in total. The first-order chi connectivity index (χ1) is 10.2. The van der Waals surface area contributed by atoms with E-state index in [0.29, 0.717) is 30.0 Å². The van der Waals surface area contributed by atoms with Crippen molar-refractivity contribution in [2.75, 3.05) is 18.6 Å². The third kappa shape index (κ3) is 2.48. The van der Waals surface area contributed by atoms with Crippen LogP contribution in [0.25, 0.3) is 0 Å². The van der Waals surface area contributed by atoms with Crippen molar-refractivity contribution >= 4 is 11.6 Å². The molecule has 1 aliphatic heterocycles. The highest BCUT2D eigenvalue weighted by Gasteiger charge is 2.28. The van der Waals surface area contributed by atoms with E-state index in [2.05, 4.69) is 4.98 Å². The maximum absolute atomic E-state index is 12.6. The number of aromatic nitrogens is 1. The number of anilines is 1. The minimum Gasteiger partial charge on any atom is -0.497 e. The second kappa shape index (κ2) is 5.54. The van der Waals surface area contributed by atoms with Crippen molar-refractivity contribution in [1.29, 1.82) is 0 Å². The number of ether oxygens (including phenoxy) is 1. The number of nitrogens with zero attached hydrogens (tertiary/aromatic N) is 2. The quantitative estimate of drug-likeness (QED) is 0.918. The first kappa shape index (κ1) is 13.6. The fraction of sp³-hybridized carbons (Fsp3) is 0.250. The van der Waals surface area contributed by atoms with E-state index < -0.39 is 6.10 Å². The fourth-order valence-electron chi connectivity index (χ4n) is 2.55. The number of carbonyl (C=O) groups is 1. The molecule has 0 aliphatic carbocycles. The largest absolute Gasteiger partial charge is 0.497 e. The normalized spacial score (nSPS) is 17.2. The topological polar surface area (TPSA) is 62.7 Å². The van der Waals surface area contributed by atoms with Crippen LogP contribution in [0.2, 0.25) is 0 Å². The van der Waals surface area contributed by atoms with Crippen LogP contribution in [-0.4, -0.2) is 29.7 Å². The molecule has 108 valence electrons. The Morgan fingerprint density at radius 2 is 2.10 bits per heavy atom. The van der Waals surface area contributed by atoms with Gasteiger partial charge >= 0.3 is 0 Å². The first-order valence-corrected chi connectivity index (χ1v) is 6.78. The number of rotatable bonds is 2. The van der Waals surface area contributed by atoms with Crippen LogP contribution in [-0.2, 0) is 0 Å². The van der Waals surface area contributed by atoms with Crippen molar-refractivity contribution in [2.24, 2.45) is 0 Å². The Bertz CT molecular complexity index is 658. The summed E-state index contributed by atoms with van der Waals surface area (Å²) in [6, 6.07) is 8.77. The molecule has 1 aromatic carbocycles. The molecule has 1 amide bonds. The lowest BCUT2D eigenvalue weighted by Gasteiger charge is -2.32. The molecule has 5 heteroatoms. The van der Waals surface area contributed by atoms with Gasteiger partial charge in [-0.05, 0) is 24.6 Å². The summed E-state index contributed by atoms with van der Waals surface area (Å²) in [4.78, 5) is 18.3. The zero-order chi connectivity index (χ0) is 14.8. The molecular formula is C16H16N2O3. The standard InChI is InChI=1S/C16H16N2O3/c1-21-12-2-3-13-14(10-12)18(9-6-15(13)19)16(20)11-4-7-17-8-5-11/h2-5,7-8,10,15,19H,6,9H2,1H3. The van der Waals surface area contributed by atoms with Gasteiger partial charge in [0, 0.05) is 36.1 Å². The maximum atomic E-state index is 12.6. The number of carbonyl (C=O) groups excluding carboxylic acids is 1. The molecule has 5 nitrogen and oxygen atoms in total. The van der Waals surface area contributed by atoms with Crippen LogP contribution < -0.4 is 9.64 Å². The second-order valence-corrected chi connectivity index (χ2v) is 4.92. The number of hydrogen-bond donors (Lipinski definition) is 1. The molecule has 1 atom stereocenters. The lowest BCUT2D eigenvalue weighted by Crippen LogP contribution is -2.36. The van der Waals surface area contributed by atoms with Gasteiger partial charge in [-0.15, -0.1) is 0 Å². The van der Waals surface area contributed by atoms with Crippen molar-refractivity contribution in [3.63, 3.8) is 0 Å². The molecule has 0 spiro atoms. The van der Waals surface area contributed by atoms with E-state index in [-0.39, 0.29) is 5.91 Å². The first-order valence-electron chi connectivity index (χ1n) is 6.78. The van der Waals surface area contributed by atoms with E-state index in [9.17, 15) is 9.90 Å². The molecule has 0 fully saturated rings. The number of methoxy groups -OCH3 is 1. The monoisotopic (exact) mass is 284 g/mol. The van der Waals surface area contributed by atoms with Crippen molar-refractivity contribution in [3.8, 4) is 5.75 Å². The summed E-state index contributed by atoms with van der Waals surface area (Å²) < 4.78 is 5.22. The fourth-order valence-corrected chi connectivity index (χ4v) is 2.55. The van der Waals surface area contributed by atoms with Gasteiger partial charge < -0.3 is 14.7 Å². The van der Waals surface area contributed by atoms with Crippen LogP contribution in [0.3, 0.4) is 0 Å². The number of hydrogen-bond acceptors (Lipinski definition) is 4. The number of benzene rings is 1. The summed E-state index contributed by atoms with van der Waals surface area (Å²) in [6.45, 7) is 0.475. The van der Waals surface area contributed by atoms with Gasteiger partial charge in [0.05, 0.1) is 18.9 Å². The number of aliphatic hydroxyl groups excluding tert-OH is 1. The number of amides is 1. The molecule has 2 heterocycles. The minimum absolute atomic E-state index is 0.0983. The minimum atomic E-state index is -0.549. The highest BCUT2D eigenvalue weighted by Crippen LogP contribution is 2.36. The van der Waals surface area contributed by atoms with E-state index in [1.54, 1.807) is 48.7 Å². The van der Waals surface area contributed by atoms with Gasteiger partial charge in [-0.25, -0.2) is 0 Å². The summed E-state index contributed by atoms with van der Waals surface area (Å²) in [6.07, 6.45) is 3.17. The lowest BCUT2D eigenvalue weighted by atomic mass is 9.98. The molecule has 0 radical (unpaired) electrons. The Morgan fingerprint density at radius 3 is 2.81 bits per heavy atom. The molecule has 1 aliphatic rings. The Labute approximate surface area is 122 Å². The highest BCUT2D eigenvalue weighted by molar-refractivity contribution is 6.06. The molecule has 1 aromatic heterocycles. The molecule has 1 unspecified atom stereocenters. The number of fused-ring (bicyclic) bond motifs is 1. The van der Waals surface area contributed by atoms with Crippen molar-refractivity contribution in [1.82, 2.24) is 4.98 Å². The predicted molar refractivity (Wildman–Crippen MR) is 78.5 cm³/mol. The van der Waals surface area contributed by atoms with Crippen molar-refractivity contribution < 1.29 is 14.6 Å². The maximum Gasteiger partial charge on any atom is 0.258 e. The lowest BCUT2D eigenvalue weighted by molar-refractivity contribution is 0.0970. The predicted octanol–water partition coefficient (Wildman–Crippen LogP) is 2.17. The Balaban J connectivity index is 2.02. The van der Waals surface area contributed by atoms with E-state index in [4.69, 9.17) is 4.74 Å². The molecule has 0 saturated heterocycles. The zero-order valence-corrected chi connectivity index (χ0v) is 11.7. The summed E-state index contributed by atoms with van der Waals surface area (Å²) in [5.74, 6) is 0.564. The van der Waals surface area contributed by atoms with Crippen molar-refractivity contribution in [3.05, 3.63) is 53.9 Å². The molecule has 0 saturated carbocycles. The van der Waals surface area contributed by atoms with Gasteiger partial charge in [-0.1, -0.05) is 6.07 Å². The summed E-state index contributed by atoms with van der Waals surface area (Å²) in [5, 5.41) is 10.1. The van der Waals surface area contributed by atoms with Crippen LogP contribution in [0.4, 0.5) is 5.69 Å². The SMILES string of the molecule is COc1ccc2c(c1)N(C(=O)c1ccncc1)CCC2O. The van der Waals surface area contributed by atoms with Gasteiger partial charge in [0.1, 0.15) is 5.75 Å². The van der Waals surface area contributed by atoms with Gasteiger partial charge in [0.25, 0.3) is 5.91 Å². The van der Waals surface area contributed by atoms with E-state index in [1.165, 1.54) is 0 Å². The van der Waals surface area contributed by atoms with Crippen molar-refractivity contribution in [2.45, 2.75) is 12.5 Å². The van der Waals surface area contributed by atoms with Gasteiger partial charge in [-0.3, -0.25) is 9.78 Å². The third-order valence-corrected chi connectivity index (χ3v) is 3.69. The molecule has 0 bridgehead atoms. The molecule has 21 heavy (non-hydrogen) atoms. The Kier molecular flexibility index (Phi) is 3.58. The molecular weight excluding hydrogens is 268 g/mol. The Hall–Kier alpha value is -2.40. The second-order valence-electron chi connectivity index (χ2n) is 4.92. The summed E-state index contributed by atoms with van der Waals surface area (Å²) in [7, 11) is 1.58. The van der Waals surface area contributed by atoms with E-state index in [0.717, 1.165) is 5.56 Å². The Morgan fingerprint density at radius 1 is 1.33 bits per heavy atom. The van der Waals surface area contributed by atoms with Gasteiger partial charge in [0.2, 0.25) is 0 Å². The number of pyridine rings is 1. The average Bonchev–Trinajstić information content (AvgIpc) is 2.55. The zero-order valence-electron chi connectivity index (χ0n) is 11.7. The van der Waals surface area contributed by atoms with Crippen LogP contribution >= 0.6 is 0 Å². The third-order valence-electron chi connectivity index (χ3n) is 3.69. The van der Waals surface area contributed by atoms with Crippen LogP contribution in [0.1, 0.15) is 28.4 Å². The van der Waals surface area contributed by atoms with Crippen LogP contribution in [0, 0.1) is 0 Å². The summed E-state index contributed by atoms with van der Waals surface area (Å²) >= 11 is 0. The molecule has 2 aromatic rings. The van der Waals surface area contributed by atoms with Gasteiger partial charge in [0.15, 0.2) is 0 Å². The van der Waals surface area contributed by atoms with E-state index >= 15 is 0 Å². The number of aliphatic hydroxyl groups is 1. The highest BCUT2D eigenvalue weighted by atomic mass is 16.5. The van der Waals surface area contributed by atoms with Crippen LogP contribution in [0.5, 0.6) is 5.75 Å².